The standard InChI is InChI=1S/C17H15N5OS2/c1-10-5-7-12(8-6-10)14-18-17(22-19-14)25-11(2)15-20-21-16(23-15)13-4-3-9-24-13/h3-9,11H,1-2H3,(H,18,19,22)/t11-/m1/s1. The largest absolute Gasteiger partial charge is 0.419 e. The normalized spacial score (nSPS) is 12.4. The molecule has 0 aliphatic heterocycles. The maximum absolute atomic E-state index is 5.77. The van der Waals surface area contributed by atoms with Crippen LogP contribution in [0.4, 0.5) is 0 Å². The highest BCUT2D eigenvalue weighted by molar-refractivity contribution is 7.99. The molecule has 1 aromatic carbocycles. The number of benzene rings is 1. The number of thiophene rings is 1. The second-order valence-corrected chi connectivity index (χ2v) is 7.77. The predicted molar refractivity (Wildman–Crippen MR) is 98.4 cm³/mol. The van der Waals surface area contributed by atoms with Gasteiger partial charge in [-0.1, -0.05) is 47.7 Å². The Morgan fingerprint density at radius 1 is 1.16 bits per heavy atom. The topological polar surface area (TPSA) is 80.5 Å². The monoisotopic (exact) mass is 369 g/mol. The number of hydrogen-bond acceptors (Lipinski definition) is 7. The third-order valence-corrected chi connectivity index (χ3v) is 5.40. The number of rotatable bonds is 5. The maximum atomic E-state index is 5.77. The molecule has 4 aromatic rings. The van der Waals surface area contributed by atoms with Crippen molar-refractivity contribution >= 4 is 23.1 Å². The molecule has 8 heteroatoms. The van der Waals surface area contributed by atoms with Crippen molar-refractivity contribution in [3.63, 3.8) is 0 Å². The highest BCUT2D eigenvalue weighted by atomic mass is 32.2. The van der Waals surface area contributed by atoms with Crippen molar-refractivity contribution in [3.05, 3.63) is 53.2 Å². The molecular weight excluding hydrogens is 354 g/mol. The van der Waals surface area contributed by atoms with Gasteiger partial charge in [-0.15, -0.1) is 26.6 Å². The molecule has 0 bridgehead atoms. The Morgan fingerprint density at radius 3 is 2.76 bits per heavy atom. The first-order chi connectivity index (χ1) is 12.2. The Labute approximate surface area is 152 Å². The summed E-state index contributed by atoms with van der Waals surface area (Å²) in [6.45, 7) is 4.06. The average molecular weight is 369 g/mol. The minimum atomic E-state index is -0.0390. The Kier molecular flexibility index (Phi) is 4.37. The van der Waals surface area contributed by atoms with Crippen LogP contribution in [-0.2, 0) is 0 Å². The van der Waals surface area contributed by atoms with Gasteiger partial charge >= 0.3 is 0 Å². The molecule has 0 amide bonds. The van der Waals surface area contributed by atoms with Crippen molar-refractivity contribution in [3.8, 4) is 22.2 Å². The lowest BCUT2D eigenvalue weighted by Gasteiger charge is -2.01. The van der Waals surface area contributed by atoms with Gasteiger partial charge in [0.15, 0.2) is 5.82 Å². The predicted octanol–water partition coefficient (Wildman–Crippen LogP) is 4.74. The van der Waals surface area contributed by atoms with Crippen LogP contribution >= 0.6 is 23.1 Å². The average Bonchev–Trinajstić information content (AvgIpc) is 3.36. The lowest BCUT2D eigenvalue weighted by Crippen LogP contribution is -1.89. The summed E-state index contributed by atoms with van der Waals surface area (Å²) in [4.78, 5) is 5.51. The first-order valence-electron chi connectivity index (χ1n) is 7.72. The fourth-order valence-corrected chi connectivity index (χ4v) is 3.65. The number of H-pyrrole nitrogens is 1. The Morgan fingerprint density at radius 2 is 2.00 bits per heavy atom. The van der Waals surface area contributed by atoms with Crippen LogP contribution in [0.2, 0.25) is 0 Å². The molecule has 0 saturated heterocycles. The summed E-state index contributed by atoms with van der Waals surface area (Å²) in [5.41, 5.74) is 2.22. The van der Waals surface area contributed by atoms with Crippen LogP contribution in [0.15, 0.2) is 51.4 Å². The van der Waals surface area contributed by atoms with E-state index in [1.807, 2.05) is 36.6 Å². The van der Waals surface area contributed by atoms with Crippen LogP contribution < -0.4 is 0 Å². The van der Waals surface area contributed by atoms with E-state index >= 15 is 0 Å². The lowest BCUT2D eigenvalue weighted by atomic mass is 10.1. The summed E-state index contributed by atoms with van der Waals surface area (Å²) in [5, 5.41) is 18.1. The summed E-state index contributed by atoms with van der Waals surface area (Å²) in [6.07, 6.45) is 0. The minimum Gasteiger partial charge on any atom is -0.419 e. The molecule has 0 fully saturated rings. The first-order valence-corrected chi connectivity index (χ1v) is 9.48. The van der Waals surface area contributed by atoms with Crippen molar-refractivity contribution in [2.24, 2.45) is 0 Å². The molecule has 25 heavy (non-hydrogen) atoms. The van der Waals surface area contributed by atoms with Crippen LogP contribution in [0, 0.1) is 6.92 Å². The summed E-state index contributed by atoms with van der Waals surface area (Å²) in [7, 11) is 0. The summed E-state index contributed by atoms with van der Waals surface area (Å²) < 4.78 is 5.77. The first kappa shape index (κ1) is 16.0. The van der Waals surface area contributed by atoms with E-state index in [2.05, 4.69) is 44.4 Å². The number of thioether (sulfide) groups is 1. The second-order valence-electron chi connectivity index (χ2n) is 5.52. The zero-order valence-corrected chi connectivity index (χ0v) is 15.3. The van der Waals surface area contributed by atoms with E-state index in [1.165, 1.54) is 17.3 Å². The molecule has 1 atom stereocenters. The van der Waals surface area contributed by atoms with E-state index in [4.69, 9.17) is 4.42 Å². The number of hydrogen-bond donors (Lipinski definition) is 1. The maximum Gasteiger partial charge on any atom is 0.257 e. The smallest absolute Gasteiger partial charge is 0.257 e. The van der Waals surface area contributed by atoms with Gasteiger partial charge < -0.3 is 4.42 Å². The zero-order chi connectivity index (χ0) is 17.2. The lowest BCUT2D eigenvalue weighted by molar-refractivity contribution is 0.510. The highest BCUT2D eigenvalue weighted by Gasteiger charge is 2.19. The van der Waals surface area contributed by atoms with Gasteiger partial charge in [-0.25, -0.2) is 4.98 Å². The molecule has 0 aliphatic carbocycles. The van der Waals surface area contributed by atoms with Gasteiger partial charge in [0.25, 0.3) is 5.89 Å². The molecule has 4 rings (SSSR count). The summed E-state index contributed by atoms with van der Waals surface area (Å²) in [5.74, 6) is 1.86. The highest BCUT2D eigenvalue weighted by Crippen LogP contribution is 2.34. The molecular formula is C17H15N5OS2. The fraction of sp³-hybridized carbons (Fsp3) is 0.176. The number of aromatic nitrogens is 5. The summed E-state index contributed by atoms with van der Waals surface area (Å²) >= 11 is 3.05. The summed E-state index contributed by atoms with van der Waals surface area (Å²) in [6, 6.07) is 12.1. The van der Waals surface area contributed by atoms with Crippen molar-refractivity contribution in [1.29, 1.82) is 0 Å². The number of aryl methyl sites for hydroxylation is 1. The van der Waals surface area contributed by atoms with Crippen LogP contribution in [0.3, 0.4) is 0 Å². The molecule has 3 heterocycles. The Balaban J connectivity index is 1.48. The van der Waals surface area contributed by atoms with Gasteiger partial charge in [-0.05, 0) is 25.3 Å². The molecule has 0 spiro atoms. The third-order valence-electron chi connectivity index (χ3n) is 3.59. The van der Waals surface area contributed by atoms with Crippen LogP contribution in [0.1, 0.15) is 23.6 Å². The Bertz CT molecular complexity index is 959. The third kappa shape index (κ3) is 3.49. The van der Waals surface area contributed by atoms with Crippen molar-refractivity contribution < 1.29 is 4.42 Å². The SMILES string of the molecule is Cc1ccc(-c2nc(S[C@H](C)c3nnc(-c4cccs4)o3)n[nH]2)cc1. The quantitative estimate of drug-likeness (QED) is 0.512. The molecule has 6 nitrogen and oxygen atoms in total. The molecule has 3 aromatic heterocycles. The van der Waals surface area contributed by atoms with E-state index < -0.39 is 0 Å². The second kappa shape index (κ2) is 6.81. The van der Waals surface area contributed by atoms with Gasteiger partial charge in [0.1, 0.15) is 0 Å². The van der Waals surface area contributed by atoms with E-state index in [9.17, 15) is 0 Å². The minimum absolute atomic E-state index is 0.0390. The number of nitrogens with zero attached hydrogens (tertiary/aromatic N) is 4. The van der Waals surface area contributed by atoms with Crippen molar-refractivity contribution in [2.75, 3.05) is 0 Å². The molecule has 1 N–H and O–H groups in total. The Hall–Kier alpha value is -2.45. The van der Waals surface area contributed by atoms with E-state index in [0.717, 1.165) is 16.3 Å². The van der Waals surface area contributed by atoms with Crippen LogP contribution in [-0.4, -0.2) is 25.4 Å². The molecule has 0 radical (unpaired) electrons. The van der Waals surface area contributed by atoms with E-state index in [0.29, 0.717) is 16.9 Å². The van der Waals surface area contributed by atoms with E-state index in [1.54, 1.807) is 11.3 Å². The van der Waals surface area contributed by atoms with Crippen LogP contribution in [0.25, 0.3) is 22.2 Å². The number of aromatic amines is 1. The molecule has 126 valence electrons. The zero-order valence-electron chi connectivity index (χ0n) is 13.6. The number of nitrogens with one attached hydrogen (secondary N) is 1. The van der Waals surface area contributed by atoms with Gasteiger partial charge in [-0.3, -0.25) is 5.10 Å². The van der Waals surface area contributed by atoms with Gasteiger partial charge in [0.2, 0.25) is 11.0 Å². The van der Waals surface area contributed by atoms with Crippen molar-refractivity contribution in [2.45, 2.75) is 24.3 Å². The molecule has 0 unspecified atom stereocenters. The van der Waals surface area contributed by atoms with Gasteiger partial charge in [-0.2, -0.15) is 0 Å². The fourth-order valence-electron chi connectivity index (χ4n) is 2.25. The molecule has 0 saturated carbocycles. The van der Waals surface area contributed by atoms with E-state index in [-0.39, 0.29) is 5.25 Å². The molecule has 0 aliphatic rings. The van der Waals surface area contributed by atoms with Gasteiger partial charge in [0.05, 0.1) is 10.1 Å². The van der Waals surface area contributed by atoms with Crippen LogP contribution in [0.5, 0.6) is 0 Å². The van der Waals surface area contributed by atoms with Gasteiger partial charge in [0, 0.05) is 5.56 Å². The van der Waals surface area contributed by atoms with Crippen molar-refractivity contribution in [1.82, 2.24) is 25.4 Å².